The number of carbonyl (C=O) groups is 2. The van der Waals surface area contributed by atoms with Gasteiger partial charge in [0.15, 0.2) is 16.6 Å². The average Bonchev–Trinajstić information content (AvgIpc) is 3.20. The summed E-state index contributed by atoms with van der Waals surface area (Å²) >= 11 is 1.43. The average molecular weight is 454 g/mol. The van der Waals surface area contributed by atoms with Crippen LogP contribution in [0, 0.1) is 0 Å². The highest BCUT2D eigenvalue weighted by Crippen LogP contribution is 2.30. The SMILES string of the molecule is COc1ccc(NC(=O)CN2CCc3nc(NC(=O)c4ccccn4)sc3C2)cc1OC. The molecular weight excluding hydrogens is 430 g/mol. The van der Waals surface area contributed by atoms with Gasteiger partial charge < -0.3 is 14.8 Å². The molecule has 1 aromatic carbocycles. The topological polar surface area (TPSA) is 106 Å². The third-order valence-electron chi connectivity index (χ3n) is 4.96. The molecule has 2 amide bonds. The van der Waals surface area contributed by atoms with Crippen LogP contribution >= 0.6 is 11.3 Å². The van der Waals surface area contributed by atoms with Crippen molar-refractivity contribution in [3.05, 3.63) is 58.9 Å². The maximum atomic E-state index is 12.6. The van der Waals surface area contributed by atoms with Gasteiger partial charge in [-0.15, -0.1) is 11.3 Å². The Bertz CT molecular complexity index is 1120. The van der Waals surface area contributed by atoms with Crippen LogP contribution < -0.4 is 20.1 Å². The molecule has 10 heteroatoms. The predicted molar refractivity (Wildman–Crippen MR) is 121 cm³/mol. The zero-order chi connectivity index (χ0) is 22.5. The number of nitrogens with one attached hydrogen (secondary N) is 2. The number of nitrogens with zero attached hydrogens (tertiary/aromatic N) is 3. The van der Waals surface area contributed by atoms with Crippen LogP contribution in [0.3, 0.4) is 0 Å². The Morgan fingerprint density at radius 2 is 1.97 bits per heavy atom. The summed E-state index contributed by atoms with van der Waals surface area (Å²) in [5.74, 6) is 0.750. The lowest BCUT2D eigenvalue weighted by Gasteiger charge is -2.25. The largest absolute Gasteiger partial charge is 0.493 e. The standard InChI is InChI=1S/C22H23N5O4S/c1-30-17-7-6-14(11-18(17)31-2)24-20(28)13-27-10-8-15-19(12-27)32-22(25-15)26-21(29)16-5-3-4-9-23-16/h3-7,9,11H,8,10,12-13H2,1-2H3,(H,24,28)(H,25,26,29). The molecule has 1 aliphatic heterocycles. The highest BCUT2D eigenvalue weighted by molar-refractivity contribution is 7.15. The van der Waals surface area contributed by atoms with Crippen molar-refractivity contribution < 1.29 is 19.1 Å². The van der Waals surface area contributed by atoms with Gasteiger partial charge in [-0.1, -0.05) is 6.07 Å². The van der Waals surface area contributed by atoms with E-state index in [1.165, 1.54) is 11.3 Å². The molecule has 9 nitrogen and oxygen atoms in total. The summed E-state index contributed by atoms with van der Waals surface area (Å²) < 4.78 is 10.5. The highest BCUT2D eigenvalue weighted by atomic mass is 32.1. The number of hydrogen-bond donors (Lipinski definition) is 2. The Kier molecular flexibility index (Phi) is 6.62. The van der Waals surface area contributed by atoms with E-state index in [0.717, 1.165) is 17.0 Å². The third-order valence-corrected chi connectivity index (χ3v) is 5.96. The molecule has 0 fully saturated rings. The zero-order valence-electron chi connectivity index (χ0n) is 17.8. The van der Waals surface area contributed by atoms with Gasteiger partial charge in [0.25, 0.3) is 5.91 Å². The molecule has 0 saturated carbocycles. The second-order valence-corrected chi connectivity index (χ2v) is 8.22. The molecule has 2 N–H and O–H groups in total. The van der Waals surface area contributed by atoms with E-state index in [0.29, 0.717) is 41.1 Å². The van der Waals surface area contributed by atoms with Crippen molar-refractivity contribution in [3.8, 4) is 11.5 Å². The van der Waals surface area contributed by atoms with E-state index in [9.17, 15) is 9.59 Å². The Morgan fingerprint density at radius 3 is 2.72 bits per heavy atom. The van der Waals surface area contributed by atoms with E-state index in [2.05, 4.69) is 25.5 Å². The Labute approximate surface area is 189 Å². The Hall–Kier alpha value is -3.50. The number of ether oxygens (including phenoxy) is 2. The molecule has 0 atom stereocenters. The summed E-state index contributed by atoms with van der Waals surface area (Å²) in [7, 11) is 3.12. The minimum absolute atomic E-state index is 0.117. The van der Waals surface area contributed by atoms with Gasteiger partial charge in [-0.25, -0.2) is 4.98 Å². The van der Waals surface area contributed by atoms with Crippen LogP contribution in [0.5, 0.6) is 11.5 Å². The molecule has 1 aliphatic rings. The van der Waals surface area contributed by atoms with E-state index in [4.69, 9.17) is 9.47 Å². The summed E-state index contributed by atoms with van der Waals surface area (Å²) in [5.41, 5.74) is 1.94. The number of fused-ring (bicyclic) bond motifs is 1. The molecule has 0 radical (unpaired) electrons. The molecule has 2 aromatic heterocycles. The van der Waals surface area contributed by atoms with E-state index in [-0.39, 0.29) is 18.4 Å². The first-order chi connectivity index (χ1) is 15.6. The molecule has 166 valence electrons. The van der Waals surface area contributed by atoms with Gasteiger partial charge in [-0.2, -0.15) is 0 Å². The quantitative estimate of drug-likeness (QED) is 0.567. The third kappa shape index (κ3) is 5.04. The molecule has 0 bridgehead atoms. The van der Waals surface area contributed by atoms with Gasteiger partial charge in [-0.05, 0) is 24.3 Å². The highest BCUT2D eigenvalue weighted by Gasteiger charge is 2.23. The van der Waals surface area contributed by atoms with E-state index in [1.807, 2.05) is 0 Å². The Morgan fingerprint density at radius 1 is 1.12 bits per heavy atom. The smallest absolute Gasteiger partial charge is 0.276 e. The van der Waals surface area contributed by atoms with Crippen LogP contribution in [0.2, 0.25) is 0 Å². The van der Waals surface area contributed by atoms with Crippen LogP contribution in [0.25, 0.3) is 0 Å². The van der Waals surface area contributed by atoms with Gasteiger partial charge >= 0.3 is 0 Å². The number of amides is 2. The number of benzene rings is 1. The Balaban J connectivity index is 1.34. The first-order valence-electron chi connectivity index (χ1n) is 10.0. The van der Waals surface area contributed by atoms with Gasteiger partial charge in [0, 0.05) is 42.3 Å². The molecule has 32 heavy (non-hydrogen) atoms. The maximum absolute atomic E-state index is 12.6. The van der Waals surface area contributed by atoms with Crippen molar-refractivity contribution in [2.24, 2.45) is 0 Å². The van der Waals surface area contributed by atoms with E-state index < -0.39 is 0 Å². The molecule has 0 aliphatic carbocycles. The zero-order valence-corrected chi connectivity index (χ0v) is 18.6. The monoisotopic (exact) mass is 453 g/mol. The van der Waals surface area contributed by atoms with Crippen molar-refractivity contribution >= 4 is 34.0 Å². The first kappa shape index (κ1) is 21.7. The van der Waals surface area contributed by atoms with Crippen molar-refractivity contribution in [3.63, 3.8) is 0 Å². The number of carbonyl (C=O) groups excluding carboxylic acids is 2. The minimum Gasteiger partial charge on any atom is -0.493 e. The first-order valence-corrected chi connectivity index (χ1v) is 10.8. The fourth-order valence-electron chi connectivity index (χ4n) is 3.41. The van der Waals surface area contributed by atoms with Crippen LogP contribution in [-0.2, 0) is 17.8 Å². The summed E-state index contributed by atoms with van der Waals surface area (Å²) in [6.45, 7) is 1.57. The van der Waals surface area contributed by atoms with E-state index >= 15 is 0 Å². The molecule has 4 rings (SSSR count). The molecule has 0 spiro atoms. The minimum atomic E-state index is -0.289. The summed E-state index contributed by atoms with van der Waals surface area (Å²) in [6.07, 6.45) is 2.29. The van der Waals surface area contributed by atoms with Crippen molar-refractivity contribution in [1.29, 1.82) is 0 Å². The lowest BCUT2D eigenvalue weighted by Crippen LogP contribution is -2.36. The van der Waals surface area contributed by atoms with Crippen molar-refractivity contribution in [2.75, 3.05) is 37.9 Å². The van der Waals surface area contributed by atoms with Gasteiger partial charge in [0.2, 0.25) is 5.91 Å². The van der Waals surface area contributed by atoms with Crippen LogP contribution in [0.15, 0.2) is 42.6 Å². The van der Waals surface area contributed by atoms with Crippen molar-refractivity contribution in [2.45, 2.75) is 13.0 Å². The number of hydrogen-bond acceptors (Lipinski definition) is 8. The number of rotatable bonds is 7. The van der Waals surface area contributed by atoms with Crippen molar-refractivity contribution in [1.82, 2.24) is 14.9 Å². The lowest BCUT2D eigenvalue weighted by molar-refractivity contribution is -0.117. The van der Waals surface area contributed by atoms with Gasteiger partial charge in [0.05, 0.1) is 26.5 Å². The number of methoxy groups -OCH3 is 2. The number of aromatic nitrogens is 2. The van der Waals surface area contributed by atoms with E-state index in [1.54, 1.807) is 56.8 Å². The van der Waals surface area contributed by atoms with Crippen LogP contribution in [-0.4, -0.2) is 54.0 Å². The summed E-state index contributed by atoms with van der Waals surface area (Å²) in [4.78, 5) is 36.6. The summed E-state index contributed by atoms with van der Waals surface area (Å²) in [6, 6.07) is 10.4. The molecule has 3 heterocycles. The van der Waals surface area contributed by atoms with Gasteiger partial charge in [0.1, 0.15) is 5.69 Å². The number of thiazole rings is 1. The summed E-state index contributed by atoms with van der Waals surface area (Å²) in [5, 5.41) is 6.25. The fourth-order valence-corrected chi connectivity index (χ4v) is 4.46. The molecular formula is C22H23N5O4S. The fraction of sp³-hybridized carbons (Fsp3) is 0.273. The normalized spacial score (nSPS) is 13.2. The number of anilines is 2. The van der Waals surface area contributed by atoms with Gasteiger partial charge in [-0.3, -0.25) is 24.8 Å². The lowest BCUT2D eigenvalue weighted by atomic mass is 10.2. The second-order valence-electron chi connectivity index (χ2n) is 7.14. The predicted octanol–water partition coefficient (Wildman–Crippen LogP) is 2.80. The van der Waals surface area contributed by atoms with Crippen LogP contribution in [0.4, 0.5) is 10.8 Å². The van der Waals surface area contributed by atoms with Crippen LogP contribution in [0.1, 0.15) is 21.1 Å². The number of pyridine rings is 1. The second kappa shape index (κ2) is 9.75. The molecule has 0 unspecified atom stereocenters. The maximum Gasteiger partial charge on any atom is 0.276 e. The molecule has 0 saturated heterocycles. The molecule has 3 aromatic rings.